The number of benzene rings is 2. The molecule has 0 aliphatic carbocycles. The summed E-state index contributed by atoms with van der Waals surface area (Å²) in [5.74, 6) is -0.334. The predicted octanol–water partition coefficient (Wildman–Crippen LogP) is 4.38. The lowest BCUT2D eigenvalue weighted by Crippen LogP contribution is -2.26. The summed E-state index contributed by atoms with van der Waals surface area (Å²) in [5, 5.41) is 10.3. The Hall–Kier alpha value is -3.38. The Kier molecular flexibility index (Phi) is 5.44. The molecule has 6 heteroatoms. The molecule has 0 radical (unpaired) electrons. The highest BCUT2D eigenvalue weighted by molar-refractivity contribution is 5.81. The molecule has 1 unspecified atom stereocenters. The first kappa shape index (κ1) is 19.0. The van der Waals surface area contributed by atoms with E-state index in [9.17, 15) is 9.90 Å². The number of nitrogens with zero attached hydrogens (tertiary/aromatic N) is 2. The lowest BCUT2D eigenvalue weighted by molar-refractivity contribution is -0.149. The van der Waals surface area contributed by atoms with Crippen molar-refractivity contribution >= 4 is 16.9 Å². The number of fused-ring (bicyclic) bond motifs is 1. The van der Waals surface area contributed by atoms with Gasteiger partial charge in [0.15, 0.2) is 6.10 Å². The molecule has 0 aliphatic rings. The van der Waals surface area contributed by atoms with Gasteiger partial charge in [0, 0.05) is 30.3 Å². The Bertz CT molecular complexity index is 1110. The van der Waals surface area contributed by atoms with Crippen molar-refractivity contribution < 1.29 is 19.1 Å². The number of carbonyl (C=O) groups is 1. The van der Waals surface area contributed by atoms with E-state index in [0.29, 0.717) is 25.5 Å². The van der Waals surface area contributed by atoms with Gasteiger partial charge in [0.05, 0.1) is 12.2 Å². The van der Waals surface area contributed by atoms with E-state index < -0.39 is 12.1 Å². The van der Waals surface area contributed by atoms with E-state index in [1.165, 1.54) is 0 Å². The molecule has 148 valence electrons. The van der Waals surface area contributed by atoms with Gasteiger partial charge in [-0.15, -0.1) is 0 Å². The maximum Gasteiger partial charge on any atom is 0.333 e. The first-order chi connectivity index (χ1) is 14.1. The highest BCUT2D eigenvalue weighted by Gasteiger charge is 2.18. The molecule has 2 aromatic heterocycles. The molecule has 0 fully saturated rings. The Morgan fingerprint density at radius 2 is 2.03 bits per heavy atom. The van der Waals surface area contributed by atoms with Gasteiger partial charge in [0.25, 0.3) is 0 Å². The molecule has 0 aliphatic heterocycles. The highest BCUT2D eigenvalue weighted by atomic mass is 16.5. The molecule has 6 nitrogen and oxygen atoms in total. The summed E-state index contributed by atoms with van der Waals surface area (Å²) in [7, 11) is 0. The molecule has 29 heavy (non-hydrogen) atoms. The Balaban J connectivity index is 1.52. The lowest BCUT2D eigenvalue weighted by atomic mass is 10.1. The van der Waals surface area contributed by atoms with Crippen LogP contribution in [0.15, 0.2) is 71.5 Å². The minimum Gasteiger partial charge on any atom is -0.479 e. The zero-order valence-corrected chi connectivity index (χ0v) is 16.1. The van der Waals surface area contributed by atoms with Crippen molar-refractivity contribution in [3.63, 3.8) is 0 Å². The van der Waals surface area contributed by atoms with Crippen LogP contribution < -0.4 is 0 Å². The minimum absolute atomic E-state index is 0.341. The average Bonchev–Trinajstić information content (AvgIpc) is 3.36. The van der Waals surface area contributed by atoms with Gasteiger partial charge in [0.1, 0.15) is 6.26 Å². The maximum absolute atomic E-state index is 11.3. The molecule has 0 amide bonds. The number of carboxylic acids is 1. The number of hydrogen-bond donors (Lipinski definition) is 1. The second-order valence-corrected chi connectivity index (χ2v) is 6.83. The van der Waals surface area contributed by atoms with Gasteiger partial charge in [0.2, 0.25) is 5.89 Å². The molecular weight excluding hydrogens is 368 g/mol. The summed E-state index contributed by atoms with van der Waals surface area (Å²) in [6, 6.07) is 17.8. The fraction of sp³-hybridized carbons (Fsp3) is 0.217. The zero-order chi connectivity index (χ0) is 20.2. The van der Waals surface area contributed by atoms with Crippen molar-refractivity contribution in [2.75, 3.05) is 6.61 Å². The van der Waals surface area contributed by atoms with E-state index in [4.69, 9.17) is 9.15 Å². The Morgan fingerprint density at radius 1 is 1.21 bits per heavy atom. The number of rotatable bonds is 8. The van der Waals surface area contributed by atoms with Crippen molar-refractivity contribution in [3.05, 3.63) is 78.3 Å². The van der Waals surface area contributed by atoms with Crippen LogP contribution in [0.5, 0.6) is 0 Å². The summed E-state index contributed by atoms with van der Waals surface area (Å²) < 4.78 is 13.0. The zero-order valence-electron chi connectivity index (χ0n) is 16.1. The SMILES string of the molecule is CCOC(Cc1ccc2c(ccn2Cc2coc(-c3ccccc3)n2)c1)C(=O)O. The lowest BCUT2D eigenvalue weighted by Gasteiger charge is -2.12. The molecular formula is C23H22N2O4. The van der Waals surface area contributed by atoms with E-state index in [1.807, 2.05) is 60.8 Å². The number of aromatic nitrogens is 2. The molecule has 2 aromatic carbocycles. The molecule has 4 rings (SSSR count). The van der Waals surface area contributed by atoms with Gasteiger partial charge in [-0.1, -0.05) is 24.3 Å². The third-order valence-electron chi connectivity index (χ3n) is 4.80. The van der Waals surface area contributed by atoms with Crippen LogP contribution in [-0.2, 0) is 22.5 Å². The van der Waals surface area contributed by atoms with Crippen LogP contribution in [0.2, 0.25) is 0 Å². The monoisotopic (exact) mass is 390 g/mol. The minimum atomic E-state index is -0.940. The molecule has 0 bridgehead atoms. The Morgan fingerprint density at radius 3 is 2.79 bits per heavy atom. The van der Waals surface area contributed by atoms with E-state index in [2.05, 4.69) is 9.55 Å². The van der Waals surface area contributed by atoms with Crippen molar-refractivity contribution in [2.45, 2.75) is 26.0 Å². The summed E-state index contributed by atoms with van der Waals surface area (Å²) in [4.78, 5) is 15.9. The van der Waals surface area contributed by atoms with Crippen LogP contribution in [0.1, 0.15) is 18.2 Å². The molecule has 0 saturated heterocycles. The number of aliphatic carboxylic acids is 1. The van der Waals surface area contributed by atoms with Gasteiger partial charge >= 0.3 is 5.97 Å². The van der Waals surface area contributed by atoms with Gasteiger partial charge in [-0.25, -0.2) is 9.78 Å². The maximum atomic E-state index is 11.3. The largest absolute Gasteiger partial charge is 0.479 e. The van der Waals surface area contributed by atoms with Crippen molar-refractivity contribution in [3.8, 4) is 11.5 Å². The van der Waals surface area contributed by atoms with Crippen molar-refractivity contribution in [1.29, 1.82) is 0 Å². The summed E-state index contributed by atoms with van der Waals surface area (Å²) in [5.41, 5.74) is 3.78. The number of ether oxygens (including phenoxy) is 1. The first-order valence-corrected chi connectivity index (χ1v) is 9.56. The molecule has 1 N–H and O–H groups in total. The summed E-state index contributed by atoms with van der Waals surface area (Å²) >= 11 is 0. The molecule has 0 spiro atoms. The number of hydrogen-bond acceptors (Lipinski definition) is 4. The fourth-order valence-electron chi connectivity index (χ4n) is 3.41. The van der Waals surface area contributed by atoms with Gasteiger partial charge in [-0.2, -0.15) is 0 Å². The van der Waals surface area contributed by atoms with Crippen LogP contribution in [-0.4, -0.2) is 33.3 Å². The van der Waals surface area contributed by atoms with Crippen LogP contribution in [0.3, 0.4) is 0 Å². The normalized spacial score (nSPS) is 12.3. The van der Waals surface area contributed by atoms with Crippen LogP contribution >= 0.6 is 0 Å². The first-order valence-electron chi connectivity index (χ1n) is 9.56. The molecule has 0 saturated carbocycles. The number of carboxylic acid groups (broad SMARTS) is 1. The van der Waals surface area contributed by atoms with E-state index in [0.717, 1.165) is 27.7 Å². The number of oxazole rings is 1. The van der Waals surface area contributed by atoms with Crippen molar-refractivity contribution in [1.82, 2.24) is 9.55 Å². The van der Waals surface area contributed by atoms with Crippen LogP contribution in [0, 0.1) is 0 Å². The van der Waals surface area contributed by atoms with E-state index in [-0.39, 0.29) is 0 Å². The predicted molar refractivity (Wildman–Crippen MR) is 110 cm³/mol. The smallest absolute Gasteiger partial charge is 0.333 e. The van der Waals surface area contributed by atoms with Crippen molar-refractivity contribution in [2.24, 2.45) is 0 Å². The van der Waals surface area contributed by atoms with Gasteiger partial charge in [-0.3, -0.25) is 0 Å². The van der Waals surface area contributed by atoms with E-state index in [1.54, 1.807) is 13.2 Å². The molecule has 1 atom stereocenters. The highest BCUT2D eigenvalue weighted by Crippen LogP contribution is 2.22. The molecule has 4 aromatic rings. The quantitative estimate of drug-likeness (QED) is 0.483. The third-order valence-corrected chi connectivity index (χ3v) is 4.80. The Labute approximate surface area is 168 Å². The van der Waals surface area contributed by atoms with Gasteiger partial charge in [-0.05, 0) is 48.2 Å². The fourth-order valence-corrected chi connectivity index (χ4v) is 3.41. The molecule has 2 heterocycles. The third kappa shape index (κ3) is 4.22. The summed E-state index contributed by atoms with van der Waals surface area (Å²) in [6.07, 6.45) is 3.20. The topological polar surface area (TPSA) is 77.5 Å². The summed E-state index contributed by atoms with van der Waals surface area (Å²) in [6.45, 7) is 2.76. The second kappa shape index (κ2) is 8.32. The average molecular weight is 390 g/mol. The van der Waals surface area contributed by atoms with Crippen LogP contribution in [0.4, 0.5) is 0 Å². The van der Waals surface area contributed by atoms with Gasteiger partial charge < -0.3 is 18.8 Å². The van der Waals surface area contributed by atoms with E-state index >= 15 is 0 Å². The standard InChI is InChI=1S/C23H22N2O4/c1-2-28-21(23(26)27)13-16-8-9-20-18(12-16)10-11-25(20)14-19-15-29-22(24-19)17-6-4-3-5-7-17/h3-12,15,21H,2,13-14H2,1H3,(H,26,27). The second-order valence-electron chi connectivity index (χ2n) is 6.83. The van der Waals surface area contributed by atoms with Crippen LogP contribution in [0.25, 0.3) is 22.4 Å².